The molecular formula is C14H24N2O. The largest absolute Gasteiger partial charge is 0.395 e. The Morgan fingerprint density at radius 1 is 1.29 bits per heavy atom. The van der Waals surface area contributed by atoms with Crippen molar-refractivity contribution in [1.29, 1.82) is 5.26 Å². The number of hydrogen-bond acceptors (Lipinski definition) is 3. The van der Waals surface area contributed by atoms with Gasteiger partial charge in [0.25, 0.3) is 0 Å². The molecule has 3 atom stereocenters. The number of rotatable bonds is 4. The zero-order valence-corrected chi connectivity index (χ0v) is 10.8. The van der Waals surface area contributed by atoms with E-state index in [1.807, 2.05) is 0 Å². The standard InChI is InChI=1S/C14H24N2O/c1-11-5-6-12(10-15)14(9-11)16(7-8-17)13-3-2-4-13/h11-14,17H,2-9H2,1H3. The minimum atomic E-state index is 0.179. The molecule has 0 amide bonds. The highest BCUT2D eigenvalue weighted by Crippen LogP contribution is 2.36. The third-order valence-electron chi connectivity index (χ3n) is 4.57. The van der Waals surface area contributed by atoms with Gasteiger partial charge in [-0.05, 0) is 38.0 Å². The van der Waals surface area contributed by atoms with Gasteiger partial charge in [-0.3, -0.25) is 4.90 Å². The maximum atomic E-state index is 9.30. The number of nitrogens with zero attached hydrogens (tertiary/aromatic N) is 2. The van der Waals surface area contributed by atoms with E-state index in [1.54, 1.807) is 0 Å². The Morgan fingerprint density at radius 2 is 2.06 bits per heavy atom. The molecule has 2 aliphatic carbocycles. The van der Waals surface area contributed by atoms with Gasteiger partial charge in [0.1, 0.15) is 0 Å². The smallest absolute Gasteiger partial charge is 0.0672 e. The Morgan fingerprint density at radius 3 is 2.59 bits per heavy atom. The molecule has 2 aliphatic rings. The molecule has 0 radical (unpaired) electrons. The summed E-state index contributed by atoms with van der Waals surface area (Å²) in [5.41, 5.74) is 0. The van der Waals surface area contributed by atoms with Crippen LogP contribution in [0.2, 0.25) is 0 Å². The zero-order chi connectivity index (χ0) is 12.3. The summed E-state index contributed by atoms with van der Waals surface area (Å²) < 4.78 is 0. The molecule has 0 aromatic rings. The predicted molar refractivity (Wildman–Crippen MR) is 67.3 cm³/mol. The summed E-state index contributed by atoms with van der Waals surface area (Å²) in [4.78, 5) is 2.44. The molecule has 96 valence electrons. The quantitative estimate of drug-likeness (QED) is 0.813. The molecule has 0 saturated heterocycles. The van der Waals surface area contributed by atoms with Crippen LogP contribution in [0.5, 0.6) is 0 Å². The molecule has 0 aromatic carbocycles. The fourth-order valence-electron chi connectivity index (χ4n) is 3.32. The fraction of sp³-hybridized carbons (Fsp3) is 0.929. The van der Waals surface area contributed by atoms with Crippen LogP contribution in [0.4, 0.5) is 0 Å². The van der Waals surface area contributed by atoms with Gasteiger partial charge in [0.15, 0.2) is 0 Å². The van der Waals surface area contributed by atoms with Crippen LogP contribution >= 0.6 is 0 Å². The van der Waals surface area contributed by atoms with Gasteiger partial charge >= 0.3 is 0 Å². The first-order valence-corrected chi connectivity index (χ1v) is 7.02. The monoisotopic (exact) mass is 236 g/mol. The van der Waals surface area contributed by atoms with Crippen molar-refractivity contribution in [3.8, 4) is 6.07 Å². The summed E-state index contributed by atoms with van der Waals surface area (Å²) in [5, 5.41) is 18.5. The van der Waals surface area contributed by atoms with Crippen LogP contribution in [-0.2, 0) is 0 Å². The van der Waals surface area contributed by atoms with E-state index in [0.29, 0.717) is 12.1 Å². The topological polar surface area (TPSA) is 47.3 Å². The lowest BCUT2D eigenvalue weighted by Gasteiger charge is -2.46. The van der Waals surface area contributed by atoms with Crippen molar-refractivity contribution in [2.24, 2.45) is 11.8 Å². The molecule has 0 aromatic heterocycles. The highest BCUT2D eigenvalue weighted by molar-refractivity contribution is 4.99. The van der Waals surface area contributed by atoms with Gasteiger partial charge in [-0.1, -0.05) is 13.3 Å². The normalized spacial score (nSPS) is 34.4. The lowest BCUT2D eigenvalue weighted by Crippen LogP contribution is -2.52. The molecule has 2 rings (SSSR count). The van der Waals surface area contributed by atoms with Gasteiger partial charge in [-0.25, -0.2) is 0 Å². The highest BCUT2D eigenvalue weighted by atomic mass is 16.3. The highest BCUT2D eigenvalue weighted by Gasteiger charge is 2.37. The van der Waals surface area contributed by atoms with Gasteiger partial charge in [-0.2, -0.15) is 5.26 Å². The molecule has 0 bridgehead atoms. The molecule has 1 N–H and O–H groups in total. The van der Waals surface area contributed by atoms with Crippen molar-refractivity contribution in [3.05, 3.63) is 0 Å². The molecule has 3 heteroatoms. The van der Waals surface area contributed by atoms with E-state index < -0.39 is 0 Å². The summed E-state index contributed by atoms with van der Waals surface area (Å²) in [5.74, 6) is 0.907. The van der Waals surface area contributed by atoms with Gasteiger partial charge in [0.05, 0.1) is 18.6 Å². The van der Waals surface area contributed by atoms with E-state index in [1.165, 1.54) is 25.7 Å². The summed E-state index contributed by atoms with van der Waals surface area (Å²) in [6.45, 7) is 3.26. The lowest BCUT2D eigenvalue weighted by atomic mass is 9.77. The van der Waals surface area contributed by atoms with Crippen molar-refractivity contribution in [2.45, 2.75) is 57.5 Å². The Balaban J connectivity index is 2.05. The first kappa shape index (κ1) is 12.9. The number of aliphatic hydroxyl groups excluding tert-OH is 1. The first-order valence-electron chi connectivity index (χ1n) is 7.02. The van der Waals surface area contributed by atoms with E-state index in [0.717, 1.165) is 25.3 Å². The number of hydrogen-bond donors (Lipinski definition) is 1. The Labute approximate surface area is 104 Å². The maximum Gasteiger partial charge on any atom is 0.0672 e. The van der Waals surface area contributed by atoms with Crippen LogP contribution in [-0.4, -0.2) is 35.2 Å². The Bertz CT molecular complexity index is 282. The summed E-state index contributed by atoms with van der Waals surface area (Å²) in [6.07, 6.45) is 7.18. The molecule has 2 saturated carbocycles. The average Bonchev–Trinajstić information content (AvgIpc) is 2.26. The van der Waals surface area contributed by atoms with Crippen molar-refractivity contribution in [1.82, 2.24) is 4.90 Å². The lowest BCUT2D eigenvalue weighted by molar-refractivity contribution is 0.0188. The first-order chi connectivity index (χ1) is 8.26. The van der Waals surface area contributed by atoms with Crippen LogP contribution in [0.3, 0.4) is 0 Å². The molecule has 3 unspecified atom stereocenters. The zero-order valence-electron chi connectivity index (χ0n) is 10.8. The van der Waals surface area contributed by atoms with Crippen LogP contribution < -0.4 is 0 Å². The second-order valence-electron chi connectivity index (χ2n) is 5.77. The predicted octanol–water partition coefficient (Wildman–Crippen LogP) is 2.16. The van der Waals surface area contributed by atoms with Crippen molar-refractivity contribution in [3.63, 3.8) is 0 Å². The summed E-state index contributed by atoms with van der Waals surface area (Å²) in [7, 11) is 0. The van der Waals surface area contributed by atoms with Gasteiger partial charge in [-0.15, -0.1) is 0 Å². The SMILES string of the molecule is CC1CCC(C#N)C(N(CCO)C2CCC2)C1. The number of aliphatic hydroxyl groups is 1. The van der Waals surface area contributed by atoms with Gasteiger partial charge in [0, 0.05) is 18.6 Å². The van der Waals surface area contributed by atoms with Gasteiger partial charge in [0.2, 0.25) is 0 Å². The Kier molecular flexibility index (Phi) is 4.42. The molecule has 0 heterocycles. The minimum Gasteiger partial charge on any atom is -0.395 e. The van der Waals surface area contributed by atoms with Crippen molar-refractivity contribution >= 4 is 0 Å². The third kappa shape index (κ3) is 2.81. The molecule has 0 aliphatic heterocycles. The third-order valence-corrected chi connectivity index (χ3v) is 4.57. The van der Waals surface area contributed by atoms with E-state index in [-0.39, 0.29) is 12.5 Å². The van der Waals surface area contributed by atoms with Gasteiger partial charge < -0.3 is 5.11 Å². The van der Waals surface area contributed by atoms with Crippen molar-refractivity contribution in [2.75, 3.05) is 13.2 Å². The minimum absolute atomic E-state index is 0.179. The average molecular weight is 236 g/mol. The Hall–Kier alpha value is -0.590. The van der Waals surface area contributed by atoms with E-state index in [9.17, 15) is 10.4 Å². The molecule has 3 nitrogen and oxygen atoms in total. The summed E-state index contributed by atoms with van der Waals surface area (Å²) in [6, 6.07) is 3.52. The molecule has 2 fully saturated rings. The second kappa shape index (κ2) is 5.84. The fourth-order valence-corrected chi connectivity index (χ4v) is 3.32. The van der Waals surface area contributed by atoms with Crippen molar-refractivity contribution < 1.29 is 5.11 Å². The molecular weight excluding hydrogens is 212 g/mol. The second-order valence-corrected chi connectivity index (χ2v) is 5.77. The number of nitriles is 1. The summed E-state index contributed by atoms with van der Waals surface area (Å²) >= 11 is 0. The van der Waals surface area contributed by atoms with Crippen LogP contribution in [0, 0.1) is 23.2 Å². The maximum absolute atomic E-state index is 9.30. The van der Waals surface area contributed by atoms with E-state index >= 15 is 0 Å². The molecule has 0 spiro atoms. The van der Waals surface area contributed by atoms with Crippen LogP contribution in [0.25, 0.3) is 0 Å². The van der Waals surface area contributed by atoms with Crippen LogP contribution in [0.1, 0.15) is 45.4 Å². The van der Waals surface area contributed by atoms with E-state index in [2.05, 4.69) is 17.9 Å². The van der Waals surface area contributed by atoms with Crippen LogP contribution in [0.15, 0.2) is 0 Å². The molecule has 17 heavy (non-hydrogen) atoms. The van der Waals surface area contributed by atoms with E-state index in [4.69, 9.17) is 0 Å².